The molecule has 0 radical (unpaired) electrons. The standard InChI is InChI=1S/C14H20N2O2/c1-2-16(9-10-4-3-5-10)14(18)12-8-11(17)6-7-13(12)15/h6-8,10,17H,2-5,9,15H2,1H3. The number of carbonyl (C=O) groups is 1. The SMILES string of the molecule is CCN(CC1CCC1)C(=O)c1cc(O)ccc1N. The van der Waals surface area contributed by atoms with Gasteiger partial charge >= 0.3 is 0 Å². The van der Waals surface area contributed by atoms with Gasteiger partial charge in [-0.2, -0.15) is 0 Å². The summed E-state index contributed by atoms with van der Waals surface area (Å²) in [4.78, 5) is 14.2. The summed E-state index contributed by atoms with van der Waals surface area (Å²) in [5.74, 6) is 0.623. The van der Waals surface area contributed by atoms with Crippen LogP contribution in [-0.2, 0) is 0 Å². The van der Waals surface area contributed by atoms with Crippen molar-refractivity contribution < 1.29 is 9.90 Å². The maximum atomic E-state index is 12.4. The molecule has 0 heterocycles. The second kappa shape index (κ2) is 5.29. The van der Waals surface area contributed by atoms with Crippen LogP contribution in [-0.4, -0.2) is 29.0 Å². The molecule has 0 spiro atoms. The first-order chi connectivity index (χ1) is 8.61. The van der Waals surface area contributed by atoms with Crippen molar-refractivity contribution in [3.05, 3.63) is 23.8 Å². The predicted molar refractivity (Wildman–Crippen MR) is 71.4 cm³/mol. The molecule has 4 nitrogen and oxygen atoms in total. The Morgan fingerprint density at radius 3 is 2.78 bits per heavy atom. The molecule has 1 aliphatic carbocycles. The zero-order valence-corrected chi connectivity index (χ0v) is 10.7. The van der Waals surface area contributed by atoms with Gasteiger partial charge in [0.2, 0.25) is 0 Å². The molecule has 0 aromatic heterocycles. The number of benzene rings is 1. The lowest BCUT2D eigenvalue weighted by Crippen LogP contribution is -2.37. The summed E-state index contributed by atoms with van der Waals surface area (Å²) >= 11 is 0. The van der Waals surface area contributed by atoms with Gasteiger partial charge in [-0.3, -0.25) is 4.79 Å². The third-order valence-electron chi connectivity index (χ3n) is 3.64. The van der Waals surface area contributed by atoms with Crippen LogP contribution < -0.4 is 5.73 Å². The van der Waals surface area contributed by atoms with E-state index in [1.807, 2.05) is 11.8 Å². The molecule has 0 atom stereocenters. The minimum Gasteiger partial charge on any atom is -0.508 e. The fourth-order valence-electron chi connectivity index (χ4n) is 2.24. The summed E-state index contributed by atoms with van der Waals surface area (Å²) in [5, 5.41) is 9.45. The summed E-state index contributed by atoms with van der Waals surface area (Å²) in [6.45, 7) is 3.43. The number of nitrogens with zero attached hydrogens (tertiary/aromatic N) is 1. The molecule has 0 aliphatic heterocycles. The van der Waals surface area contributed by atoms with Crippen molar-refractivity contribution in [1.82, 2.24) is 4.90 Å². The van der Waals surface area contributed by atoms with Gasteiger partial charge in [-0.05, 0) is 43.9 Å². The molecule has 18 heavy (non-hydrogen) atoms. The maximum absolute atomic E-state index is 12.4. The summed E-state index contributed by atoms with van der Waals surface area (Å²) in [6.07, 6.45) is 3.68. The van der Waals surface area contributed by atoms with E-state index in [2.05, 4.69) is 0 Å². The number of carbonyl (C=O) groups excluding carboxylic acids is 1. The summed E-state index contributed by atoms with van der Waals surface area (Å²) < 4.78 is 0. The van der Waals surface area contributed by atoms with E-state index in [1.54, 1.807) is 6.07 Å². The minimum atomic E-state index is -0.0854. The van der Waals surface area contributed by atoms with Crippen LogP contribution in [0.5, 0.6) is 5.75 Å². The Bertz CT molecular complexity index is 441. The van der Waals surface area contributed by atoms with Gasteiger partial charge in [0.15, 0.2) is 0 Å². The van der Waals surface area contributed by atoms with E-state index in [0.29, 0.717) is 23.7 Å². The van der Waals surface area contributed by atoms with Crippen LogP contribution in [0.2, 0.25) is 0 Å². The monoisotopic (exact) mass is 248 g/mol. The number of hydrogen-bond acceptors (Lipinski definition) is 3. The molecule has 2 rings (SSSR count). The molecular formula is C14H20N2O2. The topological polar surface area (TPSA) is 66.6 Å². The quantitative estimate of drug-likeness (QED) is 0.634. The number of phenolic OH excluding ortho intramolecular Hbond substituents is 1. The molecule has 3 N–H and O–H groups in total. The number of rotatable bonds is 4. The lowest BCUT2D eigenvalue weighted by atomic mass is 9.85. The highest BCUT2D eigenvalue weighted by atomic mass is 16.3. The molecule has 98 valence electrons. The number of anilines is 1. The van der Waals surface area contributed by atoms with E-state index in [0.717, 1.165) is 6.54 Å². The van der Waals surface area contributed by atoms with Gasteiger partial charge in [0.1, 0.15) is 5.75 Å². The Morgan fingerprint density at radius 1 is 1.50 bits per heavy atom. The molecule has 0 bridgehead atoms. The first-order valence-electron chi connectivity index (χ1n) is 6.49. The lowest BCUT2D eigenvalue weighted by molar-refractivity contribution is 0.0707. The van der Waals surface area contributed by atoms with Crippen molar-refractivity contribution in [3.63, 3.8) is 0 Å². The number of aromatic hydroxyl groups is 1. The van der Waals surface area contributed by atoms with Crippen molar-refractivity contribution in [2.75, 3.05) is 18.8 Å². The molecule has 1 saturated carbocycles. The summed E-state index contributed by atoms with van der Waals surface area (Å²) in [5.41, 5.74) is 6.62. The van der Waals surface area contributed by atoms with Gasteiger partial charge in [0, 0.05) is 18.8 Å². The van der Waals surface area contributed by atoms with E-state index in [9.17, 15) is 9.90 Å². The highest BCUT2D eigenvalue weighted by Crippen LogP contribution is 2.28. The second-order valence-corrected chi connectivity index (χ2v) is 4.91. The van der Waals surface area contributed by atoms with Crippen LogP contribution in [0, 0.1) is 5.92 Å². The third kappa shape index (κ3) is 2.58. The highest BCUT2D eigenvalue weighted by molar-refractivity contribution is 5.99. The first-order valence-corrected chi connectivity index (χ1v) is 6.49. The molecule has 4 heteroatoms. The van der Waals surface area contributed by atoms with Crippen LogP contribution in [0.4, 0.5) is 5.69 Å². The largest absolute Gasteiger partial charge is 0.508 e. The Kier molecular flexibility index (Phi) is 3.75. The smallest absolute Gasteiger partial charge is 0.256 e. The van der Waals surface area contributed by atoms with Crippen LogP contribution in [0.15, 0.2) is 18.2 Å². The Morgan fingerprint density at radius 2 is 2.22 bits per heavy atom. The van der Waals surface area contributed by atoms with Crippen LogP contribution >= 0.6 is 0 Å². The van der Waals surface area contributed by atoms with Crippen LogP contribution in [0.3, 0.4) is 0 Å². The van der Waals surface area contributed by atoms with Gasteiger partial charge < -0.3 is 15.7 Å². The number of amides is 1. The summed E-state index contributed by atoms with van der Waals surface area (Å²) in [7, 11) is 0. The third-order valence-corrected chi connectivity index (χ3v) is 3.64. The molecule has 1 aliphatic rings. The van der Waals surface area contributed by atoms with Gasteiger partial charge in [-0.25, -0.2) is 0 Å². The van der Waals surface area contributed by atoms with Gasteiger partial charge in [-0.1, -0.05) is 6.42 Å². The van der Waals surface area contributed by atoms with Crippen molar-refractivity contribution >= 4 is 11.6 Å². The zero-order valence-electron chi connectivity index (χ0n) is 10.7. The number of nitrogen functional groups attached to an aromatic ring is 1. The van der Waals surface area contributed by atoms with Crippen molar-refractivity contribution in [1.29, 1.82) is 0 Å². The van der Waals surface area contributed by atoms with Crippen LogP contribution in [0.1, 0.15) is 36.5 Å². The number of hydrogen-bond donors (Lipinski definition) is 2. The predicted octanol–water partition coefficient (Wildman–Crippen LogP) is 2.24. The molecule has 0 saturated heterocycles. The van der Waals surface area contributed by atoms with Gasteiger partial charge in [-0.15, -0.1) is 0 Å². The normalized spacial score (nSPS) is 15.2. The lowest BCUT2D eigenvalue weighted by Gasteiger charge is -2.32. The zero-order chi connectivity index (χ0) is 13.1. The molecule has 1 aromatic carbocycles. The fraction of sp³-hybridized carbons (Fsp3) is 0.500. The fourth-order valence-corrected chi connectivity index (χ4v) is 2.24. The molecule has 1 amide bonds. The Labute approximate surface area is 107 Å². The van der Waals surface area contributed by atoms with E-state index >= 15 is 0 Å². The first kappa shape index (κ1) is 12.7. The van der Waals surface area contributed by atoms with Crippen molar-refractivity contribution in [3.8, 4) is 5.75 Å². The van der Waals surface area contributed by atoms with Crippen LogP contribution in [0.25, 0.3) is 0 Å². The average molecular weight is 248 g/mol. The van der Waals surface area contributed by atoms with Crippen molar-refractivity contribution in [2.45, 2.75) is 26.2 Å². The van der Waals surface area contributed by atoms with Crippen molar-refractivity contribution in [2.24, 2.45) is 5.92 Å². The van der Waals surface area contributed by atoms with Gasteiger partial charge in [0.25, 0.3) is 5.91 Å². The molecule has 1 aromatic rings. The van der Waals surface area contributed by atoms with E-state index in [1.165, 1.54) is 31.4 Å². The van der Waals surface area contributed by atoms with E-state index in [-0.39, 0.29) is 11.7 Å². The maximum Gasteiger partial charge on any atom is 0.256 e. The Balaban J connectivity index is 2.14. The summed E-state index contributed by atoms with van der Waals surface area (Å²) in [6, 6.07) is 4.51. The minimum absolute atomic E-state index is 0.0762. The highest BCUT2D eigenvalue weighted by Gasteiger charge is 2.24. The van der Waals surface area contributed by atoms with E-state index in [4.69, 9.17) is 5.73 Å². The van der Waals surface area contributed by atoms with Gasteiger partial charge in [0.05, 0.1) is 5.56 Å². The van der Waals surface area contributed by atoms with E-state index < -0.39 is 0 Å². The molecule has 1 fully saturated rings. The Hall–Kier alpha value is -1.71. The average Bonchev–Trinajstić information content (AvgIpc) is 2.30. The number of phenols is 1. The number of nitrogens with two attached hydrogens (primary N) is 1. The second-order valence-electron chi connectivity index (χ2n) is 4.91. The molecular weight excluding hydrogens is 228 g/mol. The molecule has 0 unspecified atom stereocenters.